The lowest BCUT2D eigenvalue weighted by Crippen LogP contribution is -2.17. The molecule has 0 atom stereocenters. The van der Waals surface area contributed by atoms with Gasteiger partial charge in [-0.1, -0.05) is 24.3 Å². The van der Waals surface area contributed by atoms with Gasteiger partial charge in [0.25, 0.3) is 0 Å². The van der Waals surface area contributed by atoms with Crippen molar-refractivity contribution in [3.8, 4) is 17.0 Å². The molecule has 100 valence electrons. The molecule has 2 nitrogen and oxygen atoms in total. The van der Waals surface area contributed by atoms with Gasteiger partial charge < -0.3 is 4.74 Å². The fourth-order valence-corrected chi connectivity index (χ4v) is 1.69. The number of hydrogen-bond acceptors (Lipinski definition) is 2. The Morgan fingerprint density at radius 3 is 2.11 bits per heavy atom. The van der Waals surface area contributed by atoms with E-state index in [1.54, 1.807) is 0 Å². The molecule has 2 rings (SSSR count). The van der Waals surface area contributed by atoms with E-state index in [1.165, 1.54) is 18.3 Å². The normalized spacial score (nSPS) is 11.4. The highest BCUT2D eigenvalue weighted by Gasteiger charge is 2.31. The number of pyridine rings is 1. The molecule has 0 aliphatic carbocycles. The molecule has 0 aliphatic heterocycles. The number of alkyl halides is 4. The number of halogens is 4. The van der Waals surface area contributed by atoms with E-state index in [2.05, 4.69) is 9.72 Å². The van der Waals surface area contributed by atoms with Crippen LogP contribution in [0.25, 0.3) is 11.1 Å². The first kappa shape index (κ1) is 13.7. The fourth-order valence-electron chi connectivity index (χ4n) is 1.52. The predicted octanol–water partition coefficient (Wildman–Crippen LogP) is 4.39. The third-order valence-corrected chi connectivity index (χ3v) is 2.71. The Balaban J connectivity index is 2.17. The minimum atomic E-state index is -4.73. The van der Waals surface area contributed by atoms with Crippen LogP contribution in [0, 0.1) is 0 Å². The van der Waals surface area contributed by atoms with Gasteiger partial charge in [0.1, 0.15) is 0 Å². The zero-order valence-electron chi connectivity index (χ0n) is 9.62. The van der Waals surface area contributed by atoms with Crippen LogP contribution in [0.4, 0.5) is 13.2 Å². The number of ether oxygens (including phenoxy) is 1. The Labute approximate surface area is 112 Å². The quantitative estimate of drug-likeness (QED) is 0.781. The number of nitrogens with zero attached hydrogens (tertiary/aromatic N) is 1. The Bertz CT molecular complexity index is 537. The maximum Gasteiger partial charge on any atom is 0.574 e. The van der Waals surface area contributed by atoms with E-state index in [9.17, 15) is 13.2 Å². The average Bonchev–Trinajstić information content (AvgIpc) is 2.38. The van der Waals surface area contributed by atoms with Gasteiger partial charge in [-0.3, -0.25) is 0 Å². The van der Waals surface area contributed by atoms with Gasteiger partial charge >= 0.3 is 6.36 Å². The van der Waals surface area contributed by atoms with Gasteiger partial charge in [0.05, 0.1) is 0 Å². The van der Waals surface area contributed by atoms with Crippen molar-refractivity contribution in [3.05, 3.63) is 48.2 Å². The molecule has 0 saturated heterocycles. The van der Waals surface area contributed by atoms with Crippen LogP contribution in [0.15, 0.2) is 42.6 Å². The van der Waals surface area contributed by atoms with Crippen molar-refractivity contribution in [2.75, 3.05) is 0 Å². The molecule has 0 N–H and O–H groups in total. The summed E-state index contributed by atoms with van der Waals surface area (Å²) in [5.41, 5.74) is 2.52. The fraction of sp³-hybridized carbons (Fsp3) is 0.154. The summed E-state index contributed by atoms with van der Waals surface area (Å²) in [4.78, 5) is 3.61. The van der Waals surface area contributed by atoms with Crippen LogP contribution in [0.2, 0.25) is 0 Å². The van der Waals surface area contributed by atoms with Crippen molar-refractivity contribution in [2.45, 2.75) is 12.2 Å². The average molecular weight is 288 g/mol. The second-order valence-electron chi connectivity index (χ2n) is 3.76. The maximum atomic E-state index is 12.0. The van der Waals surface area contributed by atoms with E-state index in [0.29, 0.717) is 11.4 Å². The Morgan fingerprint density at radius 1 is 1.00 bits per heavy atom. The minimum Gasteiger partial charge on any atom is -0.388 e. The molecule has 0 amide bonds. The lowest BCUT2D eigenvalue weighted by Gasteiger charge is -2.08. The van der Waals surface area contributed by atoms with Gasteiger partial charge in [-0.2, -0.15) is 0 Å². The lowest BCUT2D eigenvalue weighted by atomic mass is 10.1. The monoisotopic (exact) mass is 287 g/mol. The Hall–Kier alpha value is -1.75. The van der Waals surface area contributed by atoms with E-state index >= 15 is 0 Å². The van der Waals surface area contributed by atoms with Crippen molar-refractivity contribution in [2.24, 2.45) is 0 Å². The minimum absolute atomic E-state index is 0.414. The van der Waals surface area contributed by atoms with Crippen LogP contribution >= 0.6 is 11.6 Å². The predicted molar refractivity (Wildman–Crippen MR) is 65.9 cm³/mol. The topological polar surface area (TPSA) is 22.1 Å². The number of hydrogen-bond donors (Lipinski definition) is 0. The molecule has 0 spiro atoms. The van der Waals surface area contributed by atoms with E-state index in [4.69, 9.17) is 11.6 Å². The summed E-state index contributed by atoms with van der Waals surface area (Å²) in [6, 6.07) is 10.1. The van der Waals surface area contributed by atoms with Crippen LogP contribution in [0.3, 0.4) is 0 Å². The Morgan fingerprint density at radius 2 is 1.63 bits per heavy atom. The standard InChI is InChI=1S/C13H9ClF3NO/c14-7-9-1-3-10(4-2-9)11-5-6-12(18-8-11)19-13(15,16)17/h1-6,8H,7H2. The summed E-state index contributed by atoms with van der Waals surface area (Å²) in [7, 11) is 0. The molecule has 0 fully saturated rings. The summed E-state index contributed by atoms with van der Waals surface area (Å²) in [5, 5.41) is 0. The summed E-state index contributed by atoms with van der Waals surface area (Å²) in [6.45, 7) is 0. The highest BCUT2D eigenvalue weighted by atomic mass is 35.5. The highest BCUT2D eigenvalue weighted by Crippen LogP contribution is 2.24. The molecule has 6 heteroatoms. The molecule has 2 aromatic rings. The molecule has 0 unspecified atom stereocenters. The van der Waals surface area contributed by atoms with Crippen LogP contribution in [0.5, 0.6) is 5.88 Å². The third-order valence-electron chi connectivity index (χ3n) is 2.40. The zero-order valence-corrected chi connectivity index (χ0v) is 10.4. The van der Waals surface area contributed by atoms with Gasteiger partial charge in [0.2, 0.25) is 5.88 Å². The number of rotatable bonds is 3. The van der Waals surface area contributed by atoms with Crippen molar-refractivity contribution in [1.82, 2.24) is 4.98 Å². The summed E-state index contributed by atoms with van der Waals surface area (Å²) in [6.07, 6.45) is -3.40. The molecule has 0 radical (unpaired) electrons. The maximum absolute atomic E-state index is 12.0. The molecule has 0 saturated carbocycles. The van der Waals surface area contributed by atoms with Crippen LogP contribution < -0.4 is 4.74 Å². The molecular weight excluding hydrogens is 279 g/mol. The lowest BCUT2D eigenvalue weighted by molar-refractivity contribution is -0.276. The Kier molecular flexibility index (Phi) is 3.95. The summed E-state index contributed by atoms with van der Waals surface area (Å²) in [5.74, 6) is -0.0645. The molecule has 19 heavy (non-hydrogen) atoms. The highest BCUT2D eigenvalue weighted by molar-refractivity contribution is 6.17. The first-order valence-electron chi connectivity index (χ1n) is 5.35. The molecule has 1 heterocycles. The first-order chi connectivity index (χ1) is 8.98. The number of aromatic nitrogens is 1. The van der Waals surface area contributed by atoms with E-state index in [1.807, 2.05) is 24.3 Å². The van der Waals surface area contributed by atoms with Crippen molar-refractivity contribution in [1.29, 1.82) is 0 Å². The van der Waals surface area contributed by atoms with E-state index in [0.717, 1.165) is 11.1 Å². The molecule has 1 aromatic heterocycles. The third kappa shape index (κ3) is 3.86. The molecule has 0 aliphatic rings. The molecule has 1 aromatic carbocycles. The van der Waals surface area contributed by atoms with Crippen LogP contribution in [0.1, 0.15) is 5.56 Å². The molecular formula is C13H9ClF3NO. The van der Waals surface area contributed by atoms with E-state index in [-0.39, 0.29) is 0 Å². The van der Waals surface area contributed by atoms with Crippen molar-refractivity contribution < 1.29 is 17.9 Å². The van der Waals surface area contributed by atoms with Gasteiger partial charge in [0.15, 0.2) is 0 Å². The van der Waals surface area contributed by atoms with Crippen molar-refractivity contribution >= 4 is 11.6 Å². The van der Waals surface area contributed by atoms with Crippen LogP contribution in [-0.2, 0) is 5.88 Å². The van der Waals surface area contributed by atoms with E-state index < -0.39 is 12.2 Å². The van der Waals surface area contributed by atoms with Gasteiger partial charge in [-0.15, -0.1) is 24.8 Å². The summed E-state index contributed by atoms with van der Waals surface area (Å²) >= 11 is 5.67. The number of benzene rings is 1. The largest absolute Gasteiger partial charge is 0.574 e. The smallest absolute Gasteiger partial charge is 0.388 e. The SMILES string of the molecule is FC(F)(F)Oc1ccc(-c2ccc(CCl)cc2)cn1. The second kappa shape index (κ2) is 5.48. The van der Waals surface area contributed by atoms with Gasteiger partial charge in [-0.05, 0) is 17.2 Å². The second-order valence-corrected chi connectivity index (χ2v) is 4.03. The van der Waals surface area contributed by atoms with Gasteiger partial charge in [-0.25, -0.2) is 4.98 Å². The zero-order chi connectivity index (χ0) is 13.9. The molecule has 0 bridgehead atoms. The summed E-state index contributed by atoms with van der Waals surface area (Å²) < 4.78 is 39.6. The van der Waals surface area contributed by atoms with Gasteiger partial charge in [0, 0.05) is 23.7 Å². The van der Waals surface area contributed by atoms with Crippen LogP contribution in [-0.4, -0.2) is 11.3 Å². The first-order valence-corrected chi connectivity index (χ1v) is 5.88. The van der Waals surface area contributed by atoms with Crippen molar-refractivity contribution in [3.63, 3.8) is 0 Å².